The van der Waals surface area contributed by atoms with Crippen molar-refractivity contribution in [2.75, 3.05) is 0 Å². The smallest absolute Gasteiger partial charge is 0.0897 e. The number of hydrogen-bond donors (Lipinski definition) is 1. The van der Waals surface area contributed by atoms with Gasteiger partial charge in [-0.2, -0.15) is 0 Å². The molecule has 2 heteroatoms. The molecule has 1 saturated carbocycles. The summed E-state index contributed by atoms with van der Waals surface area (Å²) >= 11 is 6.02. The Bertz CT molecular complexity index is 411. The Balaban J connectivity index is 2.12. The summed E-state index contributed by atoms with van der Waals surface area (Å²) in [5.74, 6) is 0.706. The van der Waals surface area contributed by atoms with E-state index < -0.39 is 5.60 Å². The Kier molecular flexibility index (Phi) is 3.75. The largest absolute Gasteiger partial charge is 0.385 e. The SMILES string of the molecule is CC(C)(C)C1CCC(O)(c2cccc(Cl)c2)CC1. The van der Waals surface area contributed by atoms with Gasteiger partial charge in [0.15, 0.2) is 0 Å². The molecule has 1 aliphatic carbocycles. The molecule has 100 valence electrons. The zero-order valence-corrected chi connectivity index (χ0v) is 12.3. The maximum absolute atomic E-state index is 10.8. The van der Waals surface area contributed by atoms with E-state index in [9.17, 15) is 5.11 Å². The van der Waals surface area contributed by atoms with Crippen LogP contribution >= 0.6 is 11.6 Å². The second-order valence-corrected chi connectivity index (χ2v) is 7.12. The van der Waals surface area contributed by atoms with Crippen molar-refractivity contribution < 1.29 is 5.11 Å². The van der Waals surface area contributed by atoms with Crippen molar-refractivity contribution in [2.45, 2.75) is 52.1 Å². The summed E-state index contributed by atoms with van der Waals surface area (Å²) in [6.07, 6.45) is 3.86. The zero-order valence-electron chi connectivity index (χ0n) is 11.5. The van der Waals surface area contributed by atoms with Gasteiger partial charge in [0.05, 0.1) is 5.60 Å². The number of benzene rings is 1. The molecule has 1 aliphatic rings. The quantitative estimate of drug-likeness (QED) is 0.777. The maximum Gasteiger partial charge on any atom is 0.0897 e. The van der Waals surface area contributed by atoms with Crippen molar-refractivity contribution in [3.05, 3.63) is 34.9 Å². The van der Waals surface area contributed by atoms with Crippen LogP contribution in [0.15, 0.2) is 24.3 Å². The third-order valence-corrected chi connectivity index (χ3v) is 4.63. The van der Waals surface area contributed by atoms with Gasteiger partial charge in [0.1, 0.15) is 0 Å². The molecule has 1 aromatic rings. The highest BCUT2D eigenvalue weighted by Crippen LogP contribution is 2.45. The van der Waals surface area contributed by atoms with Crippen LogP contribution in [0.25, 0.3) is 0 Å². The van der Waals surface area contributed by atoms with Crippen LogP contribution in [-0.2, 0) is 5.60 Å². The highest BCUT2D eigenvalue weighted by Gasteiger charge is 2.38. The van der Waals surface area contributed by atoms with Crippen LogP contribution in [0.5, 0.6) is 0 Å². The highest BCUT2D eigenvalue weighted by molar-refractivity contribution is 6.30. The van der Waals surface area contributed by atoms with Gasteiger partial charge in [-0.15, -0.1) is 0 Å². The predicted octanol–water partition coefficient (Wildman–Crippen LogP) is 4.76. The van der Waals surface area contributed by atoms with Gasteiger partial charge in [-0.05, 0) is 54.7 Å². The summed E-state index contributed by atoms with van der Waals surface area (Å²) in [5, 5.41) is 11.5. The van der Waals surface area contributed by atoms with Gasteiger partial charge in [-0.3, -0.25) is 0 Å². The Morgan fingerprint density at radius 1 is 1.22 bits per heavy atom. The number of halogens is 1. The van der Waals surface area contributed by atoms with Crippen LogP contribution in [0.3, 0.4) is 0 Å². The molecule has 18 heavy (non-hydrogen) atoms. The normalized spacial score (nSPS) is 29.3. The van der Waals surface area contributed by atoms with E-state index in [1.54, 1.807) is 0 Å². The fraction of sp³-hybridized carbons (Fsp3) is 0.625. The van der Waals surface area contributed by atoms with Crippen molar-refractivity contribution in [1.29, 1.82) is 0 Å². The van der Waals surface area contributed by atoms with E-state index in [-0.39, 0.29) is 0 Å². The van der Waals surface area contributed by atoms with Gasteiger partial charge < -0.3 is 5.11 Å². The van der Waals surface area contributed by atoms with Crippen LogP contribution in [0.2, 0.25) is 5.02 Å². The molecule has 0 bridgehead atoms. The molecule has 0 amide bonds. The third kappa shape index (κ3) is 2.89. The fourth-order valence-corrected chi connectivity index (χ4v) is 3.22. The molecule has 1 N–H and O–H groups in total. The van der Waals surface area contributed by atoms with E-state index in [1.807, 2.05) is 24.3 Å². The Hall–Kier alpha value is -0.530. The Labute approximate surface area is 115 Å². The first-order valence-electron chi connectivity index (χ1n) is 6.80. The van der Waals surface area contributed by atoms with Gasteiger partial charge in [-0.1, -0.05) is 44.5 Å². The molecule has 1 fully saturated rings. The summed E-state index contributed by atoms with van der Waals surface area (Å²) in [7, 11) is 0. The first-order chi connectivity index (χ1) is 8.31. The molecule has 0 aliphatic heterocycles. The molecule has 0 unspecified atom stereocenters. The van der Waals surface area contributed by atoms with E-state index in [0.29, 0.717) is 16.4 Å². The van der Waals surface area contributed by atoms with Gasteiger partial charge in [0.2, 0.25) is 0 Å². The molecule has 1 nitrogen and oxygen atoms in total. The number of rotatable bonds is 1. The molecule has 0 atom stereocenters. The van der Waals surface area contributed by atoms with Crippen molar-refractivity contribution in [3.8, 4) is 0 Å². The van der Waals surface area contributed by atoms with Crippen LogP contribution < -0.4 is 0 Å². The summed E-state index contributed by atoms with van der Waals surface area (Å²) in [4.78, 5) is 0. The van der Waals surface area contributed by atoms with E-state index in [4.69, 9.17) is 11.6 Å². The molecular weight excluding hydrogens is 244 g/mol. The molecule has 2 rings (SSSR count). The molecule has 0 radical (unpaired) electrons. The van der Waals surface area contributed by atoms with Crippen molar-refractivity contribution in [3.63, 3.8) is 0 Å². The van der Waals surface area contributed by atoms with E-state index in [2.05, 4.69) is 20.8 Å². The minimum absolute atomic E-state index is 0.343. The fourth-order valence-electron chi connectivity index (χ4n) is 3.03. The summed E-state index contributed by atoms with van der Waals surface area (Å²) in [6, 6.07) is 7.67. The standard InChI is InChI=1S/C16H23ClO/c1-15(2,3)12-7-9-16(18,10-8-12)13-5-4-6-14(17)11-13/h4-6,11-12,18H,7-10H2,1-3H3. The summed E-state index contributed by atoms with van der Waals surface area (Å²) < 4.78 is 0. The van der Waals surface area contributed by atoms with E-state index in [0.717, 1.165) is 31.2 Å². The van der Waals surface area contributed by atoms with Crippen molar-refractivity contribution >= 4 is 11.6 Å². The topological polar surface area (TPSA) is 20.2 Å². The monoisotopic (exact) mass is 266 g/mol. The van der Waals surface area contributed by atoms with Crippen LogP contribution in [0.1, 0.15) is 52.0 Å². The van der Waals surface area contributed by atoms with E-state index >= 15 is 0 Å². The first kappa shape index (κ1) is 13.9. The van der Waals surface area contributed by atoms with Crippen LogP contribution in [-0.4, -0.2) is 5.11 Å². The molecule has 0 aromatic heterocycles. The lowest BCUT2D eigenvalue weighted by molar-refractivity contribution is -0.0297. The van der Waals surface area contributed by atoms with Gasteiger partial charge in [-0.25, -0.2) is 0 Å². The summed E-state index contributed by atoms with van der Waals surface area (Å²) in [5.41, 5.74) is 0.643. The Morgan fingerprint density at radius 3 is 2.33 bits per heavy atom. The number of hydrogen-bond acceptors (Lipinski definition) is 1. The molecule has 0 heterocycles. The molecule has 0 spiro atoms. The van der Waals surface area contributed by atoms with Crippen LogP contribution in [0.4, 0.5) is 0 Å². The Morgan fingerprint density at radius 2 is 1.83 bits per heavy atom. The lowest BCUT2D eigenvalue weighted by Crippen LogP contribution is -2.35. The zero-order chi connectivity index (χ0) is 13.4. The predicted molar refractivity (Wildman–Crippen MR) is 76.8 cm³/mol. The number of aliphatic hydroxyl groups is 1. The first-order valence-corrected chi connectivity index (χ1v) is 7.17. The lowest BCUT2D eigenvalue weighted by Gasteiger charge is -2.41. The minimum Gasteiger partial charge on any atom is -0.385 e. The van der Waals surface area contributed by atoms with Crippen molar-refractivity contribution in [1.82, 2.24) is 0 Å². The third-order valence-electron chi connectivity index (χ3n) is 4.40. The highest BCUT2D eigenvalue weighted by atomic mass is 35.5. The van der Waals surface area contributed by atoms with Gasteiger partial charge >= 0.3 is 0 Å². The van der Waals surface area contributed by atoms with E-state index in [1.165, 1.54) is 0 Å². The lowest BCUT2D eigenvalue weighted by atomic mass is 9.67. The molecular formula is C16H23ClO. The second-order valence-electron chi connectivity index (χ2n) is 6.68. The van der Waals surface area contributed by atoms with Gasteiger partial charge in [0.25, 0.3) is 0 Å². The maximum atomic E-state index is 10.8. The van der Waals surface area contributed by atoms with Gasteiger partial charge in [0, 0.05) is 5.02 Å². The average Bonchev–Trinajstić information content (AvgIpc) is 2.28. The summed E-state index contributed by atoms with van der Waals surface area (Å²) in [6.45, 7) is 6.88. The second kappa shape index (κ2) is 4.86. The minimum atomic E-state index is -0.674. The molecule has 1 aromatic carbocycles. The molecule has 0 saturated heterocycles. The van der Waals surface area contributed by atoms with Crippen LogP contribution in [0, 0.1) is 11.3 Å². The van der Waals surface area contributed by atoms with Crippen molar-refractivity contribution in [2.24, 2.45) is 11.3 Å². The average molecular weight is 267 g/mol.